The number of nitrogens with zero attached hydrogens (tertiary/aromatic N) is 2. The number of hydrogen-bond donors (Lipinski definition) is 0. The van der Waals surface area contributed by atoms with E-state index >= 15 is 0 Å². The van der Waals surface area contributed by atoms with E-state index < -0.39 is 0 Å². The van der Waals surface area contributed by atoms with Crippen LogP contribution in [-0.2, 0) is 12.8 Å². The van der Waals surface area contributed by atoms with Crippen LogP contribution in [0, 0.1) is 6.92 Å². The average molecular weight is 356 g/mol. The summed E-state index contributed by atoms with van der Waals surface area (Å²) in [6.45, 7) is 6.52. The van der Waals surface area contributed by atoms with Crippen molar-refractivity contribution < 1.29 is 4.42 Å². The number of benzene rings is 1. The third kappa shape index (κ3) is 2.56. The SMILES string of the molecule is Cc1ccc2c(n1)oc1c(-c3ncc(C(C)C)c4c3CCCC4)cccc12. The Labute approximate surface area is 159 Å². The molecule has 0 N–H and O–H groups in total. The molecule has 0 fully saturated rings. The van der Waals surface area contributed by atoms with Crippen molar-refractivity contribution in [3.63, 3.8) is 0 Å². The predicted octanol–water partition coefficient (Wildman–Crippen LogP) is 6.35. The molecule has 27 heavy (non-hydrogen) atoms. The first kappa shape index (κ1) is 16.5. The van der Waals surface area contributed by atoms with Crippen molar-refractivity contribution in [1.82, 2.24) is 9.97 Å². The minimum atomic E-state index is 0.507. The monoisotopic (exact) mass is 356 g/mol. The van der Waals surface area contributed by atoms with Gasteiger partial charge in [0.25, 0.3) is 0 Å². The summed E-state index contributed by atoms with van der Waals surface area (Å²) in [6.07, 6.45) is 6.86. The largest absolute Gasteiger partial charge is 0.437 e. The van der Waals surface area contributed by atoms with E-state index in [0.29, 0.717) is 11.6 Å². The van der Waals surface area contributed by atoms with Gasteiger partial charge in [0, 0.05) is 28.2 Å². The lowest BCUT2D eigenvalue weighted by atomic mass is 9.83. The fourth-order valence-corrected chi connectivity index (χ4v) is 4.46. The quantitative estimate of drug-likeness (QED) is 0.420. The highest BCUT2D eigenvalue weighted by molar-refractivity contribution is 6.08. The maximum Gasteiger partial charge on any atom is 0.227 e. The topological polar surface area (TPSA) is 38.9 Å². The van der Waals surface area contributed by atoms with Gasteiger partial charge in [-0.15, -0.1) is 0 Å². The van der Waals surface area contributed by atoms with Crippen molar-refractivity contribution >= 4 is 22.1 Å². The Kier molecular flexibility index (Phi) is 3.78. The summed E-state index contributed by atoms with van der Waals surface area (Å²) in [5, 5.41) is 2.19. The second kappa shape index (κ2) is 6.19. The molecule has 4 aromatic rings. The van der Waals surface area contributed by atoms with Gasteiger partial charge in [0.15, 0.2) is 0 Å². The van der Waals surface area contributed by atoms with Crippen LogP contribution in [0.15, 0.2) is 40.9 Å². The fraction of sp³-hybridized carbons (Fsp3) is 0.333. The molecule has 0 atom stereocenters. The molecule has 0 bridgehead atoms. The predicted molar refractivity (Wildman–Crippen MR) is 110 cm³/mol. The van der Waals surface area contributed by atoms with E-state index in [2.05, 4.69) is 49.3 Å². The summed E-state index contributed by atoms with van der Waals surface area (Å²) in [6, 6.07) is 10.5. The molecule has 3 heteroatoms. The molecule has 3 aromatic heterocycles. The lowest BCUT2D eigenvalue weighted by molar-refractivity contribution is 0.651. The third-order valence-corrected chi connectivity index (χ3v) is 5.82. The highest BCUT2D eigenvalue weighted by atomic mass is 16.3. The zero-order valence-corrected chi connectivity index (χ0v) is 16.2. The molecule has 0 aliphatic heterocycles. The molecule has 136 valence electrons. The van der Waals surface area contributed by atoms with Crippen LogP contribution in [0.5, 0.6) is 0 Å². The minimum absolute atomic E-state index is 0.507. The highest BCUT2D eigenvalue weighted by Gasteiger charge is 2.22. The standard InChI is InChI=1S/C24H24N2O/c1-14(2)21-13-25-22(17-8-5-4-7-16(17)21)20-10-6-9-18-19-12-11-15(3)26-24(19)27-23(18)20/h6,9-14H,4-5,7-8H2,1-3H3. The Hall–Kier alpha value is -2.68. The number of pyridine rings is 2. The molecule has 3 nitrogen and oxygen atoms in total. The summed E-state index contributed by atoms with van der Waals surface area (Å²) in [4.78, 5) is 9.53. The number of hydrogen-bond acceptors (Lipinski definition) is 3. The van der Waals surface area contributed by atoms with Crippen molar-refractivity contribution in [2.75, 3.05) is 0 Å². The van der Waals surface area contributed by atoms with Crippen molar-refractivity contribution in [1.29, 1.82) is 0 Å². The normalized spacial score (nSPS) is 14.2. The molecule has 0 radical (unpaired) electrons. The molecule has 5 rings (SSSR count). The van der Waals surface area contributed by atoms with E-state index in [1.54, 1.807) is 0 Å². The molecule has 1 aromatic carbocycles. The number of para-hydroxylation sites is 1. The fourth-order valence-electron chi connectivity index (χ4n) is 4.46. The van der Waals surface area contributed by atoms with E-state index in [-0.39, 0.29) is 0 Å². The molecule has 3 heterocycles. The lowest BCUT2D eigenvalue weighted by Crippen LogP contribution is -2.11. The van der Waals surface area contributed by atoms with Crippen LogP contribution < -0.4 is 0 Å². The molecule has 0 saturated carbocycles. The van der Waals surface area contributed by atoms with Crippen LogP contribution >= 0.6 is 0 Å². The first-order valence-electron chi connectivity index (χ1n) is 9.93. The molecule has 0 saturated heterocycles. The van der Waals surface area contributed by atoms with Crippen molar-refractivity contribution in [2.45, 2.75) is 52.4 Å². The van der Waals surface area contributed by atoms with E-state index in [0.717, 1.165) is 46.1 Å². The zero-order valence-electron chi connectivity index (χ0n) is 16.2. The summed E-state index contributed by atoms with van der Waals surface area (Å²) >= 11 is 0. The van der Waals surface area contributed by atoms with Crippen LogP contribution in [0.1, 0.15) is 55.0 Å². The van der Waals surface area contributed by atoms with Crippen molar-refractivity contribution in [3.8, 4) is 11.3 Å². The number of furan rings is 1. The number of aromatic nitrogens is 2. The van der Waals surface area contributed by atoms with Crippen LogP contribution in [0.25, 0.3) is 33.3 Å². The van der Waals surface area contributed by atoms with Crippen molar-refractivity contribution in [3.05, 3.63) is 58.9 Å². The van der Waals surface area contributed by atoms with Gasteiger partial charge in [-0.3, -0.25) is 4.98 Å². The third-order valence-electron chi connectivity index (χ3n) is 5.82. The summed E-state index contributed by atoms with van der Waals surface area (Å²) in [7, 11) is 0. The van der Waals surface area contributed by atoms with Gasteiger partial charge in [0.1, 0.15) is 5.58 Å². The second-order valence-electron chi connectivity index (χ2n) is 7.97. The van der Waals surface area contributed by atoms with Gasteiger partial charge in [0.05, 0.1) is 5.69 Å². The van der Waals surface area contributed by atoms with E-state index in [4.69, 9.17) is 9.40 Å². The average Bonchev–Trinajstić information content (AvgIpc) is 3.04. The number of aryl methyl sites for hydroxylation is 1. The maximum atomic E-state index is 6.24. The summed E-state index contributed by atoms with van der Waals surface area (Å²) < 4.78 is 6.24. The van der Waals surface area contributed by atoms with E-state index in [1.165, 1.54) is 29.5 Å². The van der Waals surface area contributed by atoms with Crippen LogP contribution in [-0.4, -0.2) is 9.97 Å². The van der Waals surface area contributed by atoms with E-state index in [1.807, 2.05) is 13.0 Å². The Balaban J connectivity index is 1.80. The Bertz CT molecular complexity index is 1170. The van der Waals surface area contributed by atoms with Crippen molar-refractivity contribution in [2.24, 2.45) is 0 Å². The highest BCUT2D eigenvalue weighted by Crippen LogP contribution is 2.39. The molecule has 1 aliphatic carbocycles. The van der Waals surface area contributed by atoms with Gasteiger partial charge < -0.3 is 4.42 Å². The summed E-state index contributed by atoms with van der Waals surface area (Å²) in [5.41, 5.74) is 9.12. The van der Waals surface area contributed by atoms with Crippen LogP contribution in [0.3, 0.4) is 0 Å². The lowest BCUT2D eigenvalue weighted by Gasteiger charge is -2.23. The Morgan fingerprint density at radius 1 is 0.963 bits per heavy atom. The first-order valence-corrected chi connectivity index (χ1v) is 9.93. The number of fused-ring (bicyclic) bond motifs is 4. The van der Waals surface area contributed by atoms with Crippen LogP contribution in [0.2, 0.25) is 0 Å². The minimum Gasteiger partial charge on any atom is -0.437 e. The summed E-state index contributed by atoms with van der Waals surface area (Å²) in [5.74, 6) is 0.507. The molecular formula is C24H24N2O. The number of rotatable bonds is 2. The van der Waals surface area contributed by atoms with Gasteiger partial charge in [0.2, 0.25) is 5.71 Å². The first-order chi connectivity index (χ1) is 13.1. The second-order valence-corrected chi connectivity index (χ2v) is 7.97. The molecule has 1 aliphatic rings. The van der Waals surface area contributed by atoms with Gasteiger partial charge in [-0.1, -0.05) is 26.0 Å². The Morgan fingerprint density at radius 3 is 2.59 bits per heavy atom. The molecule has 0 amide bonds. The smallest absolute Gasteiger partial charge is 0.227 e. The Morgan fingerprint density at radius 2 is 1.78 bits per heavy atom. The van der Waals surface area contributed by atoms with Gasteiger partial charge in [-0.2, -0.15) is 0 Å². The van der Waals surface area contributed by atoms with E-state index in [9.17, 15) is 0 Å². The van der Waals surface area contributed by atoms with Crippen LogP contribution in [0.4, 0.5) is 0 Å². The van der Waals surface area contributed by atoms with Gasteiger partial charge in [-0.05, 0) is 73.4 Å². The maximum absolute atomic E-state index is 6.24. The molecule has 0 unspecified atom stereocenters. The molecular weight excluding hydrogens is 332 g/mol. The van der Waals surface area contributed by atoms with Gasteiger partial charge in [-0.25, -0.2) is 4.98 Å². The molecule has 0 spiro atoms. The van der Waals surface area contributed by atoms with Gasteiger partial charge >= 0.3 is 0 Å². The zero-order chi connectivity index (χ0) is 18.5.